The van der Waals surface area contributed by atoms with Crippen LogP contribution in [0.4, 0.5) is 0 Å². The van der Waals surface area contributed by atoms with Gasteiger partial charge in [0.15, 0.2) is 0 Å². The SMILES string of the molecule is CC(CCc1ccc2c(c1)CC(C)O2)CC(=O)O. The Hall–Kier alpha value is -1.51. The van der Waals surface area contributed by atoms with Gasteiger partial charge < -0.3 is 9.84 Å². The number of rotatable bonds is 5. The van der Waals surface area contributed by atoms with Crippen LogP contribution in [0.25, 0.3) is 0 Å². The minimum absolute atomic E-state index is 0.228. The zero-order valence-corrected chi connectivity index (χ0v) is 11.0. The van der Waals surface area contributed by atoms with Gasteiger partial charge in [-0.2, -0.15) is 0 Å². The highest BCUT2D eigenvalue weighted by atomic mass is 16.5. The quantitative estimate of drug-likeness (QED) is 0.871. The van der Waals surface area contributed by atoms with Gasteiger partial charge in [0.05, 0.1) is 0 Å². The van der Waals surface area contributed by atoms with Crippen molar-refractivity contribution in [2.24, 2.45) is 5.92 Å². The molecule has 3 heteroatoms. The van der Waals surface area contributed by atoms with E-state index in [1.807, 2.05) is 13.0 Å². The molecule has 0 spiro atoms. The summed E-state index contributed by atoms with van der Waals surface area (Å²) in [7, 11) is 0. The zero-order chi connectivity index (χ0) is 13.1. The molecule has 2 rings (SSSR count). The standard InChI is InChI=1S/C15H20O3/c1-10(7-15(16)17)3-4-12-5-6-14-13(9-12)8-11(2)18-14/h5-6,9-11H,3-4,7-8H2,1-2H3,(H,16,17). The second kappa shape index (κ2) is 5.42. The number of hydrogen-bond donors (Lipinski definition) is 1. The van der Waals surface area contributed by atoms with Crippen LogP contribution >= 0.6 is 0 Å². The van der Waals surface area contributed by atoms with Crippen molar-refractivity contribution in [3.8, 4) is 5.75 Å². The van der Waals surface area contributed by atoms with E-state index < -0.39 is 5.97 Å². The van der Waals surface area contributed by atoms with E-state index >= 15 is 0 Å². The Bertz CT molecular complexity index is 439. The van der Waals surface area contributed by atoms with E-state index in [1.54, 1.807) is 0 Å². The summed E-state index contributed by atoms with van der Waals surface area (Å²) in [6.07, 6.45) is 3.37. The predicted molar refractivity (Wildman–Crippen MR) is 70.0 cm³/mol. The van der Waals surface area contributed by atoms with Gasteiger partial charge in [-0.3, -0.25) is 4.79 Å². The van der Waals surface area contributed by atoms with Crippen molar-refractivity contribution in [1.29, 1.82) is 0 Å². The van der Waals surface area contributed by atoms with Gasteiger partial charge in [-0.1, -0.05) is 19.1 Å². The Morgan fingerprint density at radius 1 is 1.56 bits per heavy atom. The lowest BCUT2D eigenvalue weighted by Gasteiger charge is -2.09. The fourth-order valence-corrected chi connectivity index (χ4v) is 2.44. The van der Waals surface area contributed by atoms with Crippen LogP contribution in [-0.4, -0.2) is 17.2 Å². The first kappa shape index (κ1) is 12.9. The molecule has 0 aliphatic carbocycles. The number of aliphatic carboxylic acids is 1. The van der Waals surface area contributed by atoms with Crippen molar-refractivity contribution in [2.45, 2.75) is 45.6 Å². The topological polar surface area (TPSA) is 46.5 Å². The first-order valence-corrected chi connectivity index (χ1v) is 6.55. The summed E-state index contributed by atoms with van der Waals surface area (Å²) < 4.78 is 5.66. The molecule has 0 bridgehead atoms. The molecule has 3 nitrogen and oxygen atoms in total. The summed E-state index contributed by atoms with van der Waals surface area (Å²) >= 11 is 0. The number of aryl methyl sites for hydroxylation is 1. The van der Waals surface area contributed by atoms with Gasteiger partial charge in [-0.05, 0) is 42.9 Å². The molecule has 1 aliphatic rings. The van der Waals surface area contributed by atoms with Gasteiger partial charge >= 0.3 is 5.97 Å². The van der Waals surface area contributed by atoms with Gasteiger partial charge in [-0.25, -0.2) is 0 Å². The van der Waals surface area contributed by atoms with E-state index in [2.05, 4.69) is 19.1 Å². The number of carboxylic acid groups (broad SMARTS) is 1. The largest absolute Gasteiger partial charge is 0.490 e. The maximum Gasteiger partial charge on any atom is 0.303 e. The molecule has 0 saturated carbocycles. The average Bonchev–Trinajstić information content (AvgIpc) is 2.64. The zero-order valence-electron chi connectivity index (χ0n) is 11.0. The second-order valence-corrected chi connectivity index (χ2v) is 5.32. The Kier molecular flexibility index (Phi) is 3.90. The first-order chi connectivity index (χ1) is 8.54. The lowest BCUT2D eigenvalue weighted by atomic mass is 9.97. The molecule has 0 fully saturated rings. The minimum Gasteiger partial charge on any atom is -0.490 e. The highest BCUT2D eigenvalue weighted by Gasteiger charge is 2.18. The van der Waals surface area contributed by atoms with Crippen LogP contribution in [0.3, 0.4) is 0 Å². The fourth-order valence-electron chi connectivity index (χ4n) is 2.44. The first-order valence-electron chi connectivity index (χ1n) is 6.55. The summed E-state index contributed by atoms with van der Waals surface area (Å²) in [5.41, 5.74) is 2.56. The van der Waals surface area contributed by atoms with E-state index in [0.29, 0.717) is 0 Å². The Morgan fingerprint density at radius 2 is 2.33 bits per heavy atom. The molecule has 2 unspecified atom stereocenters. The molecule has 1 heterocycles. The molecule has 0 aromatic heterocycles. The normalized spacial score (nSPS) is 19.1. The van der Waals surface area contributed by atoms with Gasteiger partial charge in [0.1, 0.15) is 11.9 Å². The fraction of sp³-hybridized carbons (Fsp3) is 0.533. The van der Waals surface area contributed by atoms with Gasteiger partial charge in [0.25, 0.3) is 0 Å². The van der Waals surface area contributed by atoms with E-state index in [9.17, 15) is 4.79 Å². The van der Waals surface area contributed by atoms with E-state index in [4.69, 9.17) is 9.84 Å². The van der Waals surface area contributed by atoms with Crippen molar-refractivity contribution in [3.63, 3.8) is 0 Å². The third-order valence-corrected chi connectivity index (χ3v) is 3.41. The Labute approximate surface area is 108 Å². The third-order valence-electron chi connectivity index (χ3n) is 3.41. The second-order valence-electron chi connectivity index (χ2n) is 5.32. The van der Waals surface area contributed by atoms with E-state index in [0.717, 1.165) is 25.0 Å². The molecule has 1 N–H and O–H groups in total. The Balaban J connectivity index is 1.91. The monoisotopic (exact) mass is 248 g/mol. The number of benzene rings is 1. The van der Waals surface area contributed by atoms with Crippen LogP contribution in [0.2, 0.25) is 0 Å². The van der Waals surface area contributed by atoms with Crippen molar-refractivity contribution >= 4 is 5.97 Å². The van der Waals surface area contributed by atoms with Gasteiger partial charge in [0.2, 0.25) is 0 Å². The molecule has 0 radical (unpaired) electrons. The van der Waals surface area contributed by atoms with Crippen LogP contribution in [-0.2, 0) is 17.6 Å². The van der Waals surface area contributed by atoms with E-state index in [-0.39, 0.29) is 18.4 Å². The van der Waals surface area contributed by atoms with Gasteiger partial charge in [0, 0.05) is 12.8 Å². The number of fused-ring (bicyclic) bond motifs is 1. The summed E-state index contributed by atoms with van der Waals surface area (Å²) in [6.45, 7) is 4.07. The predicted octanol–water partition coefficient (Wildman–Crippen LogP) is 3.05. The van der Waals surface area contributed by atoms with Crippen molar-refractivity contribution in [2.75, 3.05) is 0 Å². The maximum absolute atomic E-state index is 10.6. The molecule has 1 aliphatic heterocycles. The molecule has 0 saturated heterocycles. The minimum atomic E-state index is -0.710. The molecule has 1 aromatic carbocycles. The van der Waals surface area contributed by atoms with E-state index in [1.165, 1.54) is 11.1 Å². The van der Waals surface area contributed by atoms with Crippen molar-refractivity contribution in [1.82, 2.24) is 0 Å². The molecule has 1 aromatic rings. The van der Waals surface area contributed by atoms with Crippen LogP contribution < -0.4 is 4.74 Å². The van der Waals surface area contributed by atoms with Crippen molar-refractivity contribution < 1.29 is 14.6 Å². The highest BCUT2D eigenvalue weighted by molar-refractivity contribution is 5.66. The maximum atomic E-state index is 10.6. The smallest absolute Gasteiger partial charge is 0.303 e. The third kappa shape index (κ3) is 3.25. The van der Waals surface area contributed by atoms with Crippen LogP contribution in [0, 0.1) is 5.92 Å². The molecular formula is C15H20O3. The Morgan fingerprint density at radius 3 is 3.06 bits per heavy atom. The number of carboxylic acids is 1. The molecule has 0 amide bonds. The van der Waals surface area contributed by atoms with Crippen LogP contribution in [0.1, 0.15) is 37.8 Å². The molecule has 18 heavy (non-hydrogen) atoms. The number of hydrogen-bond acceptors (Lipinski definition) is 2. The summed E-state index contributed by atoms with van der Waals surface area (Å²) in [5.74, 6) is 0.523. The summed E-state index contributed by atoms with van der Waals surface area (Å²) in [6, 6.07) is 6.33. The summed E-state index contributed by atoms with van der Waals surface area (Å²) in [5, 5.41) is 8.72. The number of ether oxygens (including phenoxy) is 1. The van der Waals surface area contributed by atoms with Gasteiger partial charge in [-0.15, -0.1) is 0 Å². The van der Waals surface area contributed by atoms with Crippen molar-refractivity contribution in [3.05, 3.63) is 29.3 Å². The summed E-state index contributed by atoms with van der Waals surface area (Å²) in [4.78, 5) is 10.6. The number of carbonyl (C=O) groups is 1. The average molecular weight is 248 g/mol. The highest BCUT2D eigenvalue weighted by Crippen LogP contribution is 2.30. The lowest BCUT2D eigenvalue weighted by Crippen LogP contribution is -2.05. The van der Waals surface area contributed by atoms with Crippen LogP contribution in [0.5, 0.6) is 5.75 Å². The van der Waals surface area contributed by atoms with Crippen LogP contribution in [0.15, 0.2) is 18.2 Å². The lowest BCUT2D eigenvalue weighted by molar-refractivity contribution is -0.138. The molecule has 98 valence electrons. The molecular weight excluding hydrogens is 228 g/mol. The molecule has 2 atom stereocenters.